The van der Waals surface area contributed by atoms with Crippen molar-refractivity contribution in [3.8, 4) is 0 Å². The molecule has 86 valence electrons. The molecule has 2 heteroatoms. The number of allylic oxidation sites excluding steroid dienone is 1. The van der Waals surface area contributed by atoms with Crippen LogP contribution in [0.4, 0.5) is 0 Å². The van der Waals surface area contributed by atoms with Crippen LogP contribution in [0, 0.1) is 17.8 Å². The minimum Gasteiger partial charge on any atom is -0.466 e. The summed E-state index contributed by atoms with van der Waals surface area (Å²) in [4.78, 5) is 10.9. The van der Waals surface area contributed by atoms with Gasteiger partial charge in [0.15, 0.2) is 0 Å². The maximum atomic E-state index is 10.9. The summed E-state index contributed by atoms with van der Waals surface area (Å²) in [5.41, 5.74) is 0. The van der Waals surface area contributed by atoms with Crippen LogP contribution >= 0.6 is 0 Å². The van der Waals surface area contributed by atoms with Crippen LogP contribution in [0.3, 0.4) is 0 Å². The third-order valence-corrected chi connectivity index (χ3v) is 3.46. The lowest BCUT2D eigenvalue weighted by Gasteiger charge is -2.29. The van der Waals surface area contributed by atoms with Gasteiger partial charge in [0.05, 0.1) is 7.11 Å². The van der Waals surface area contributed by atoms with Crippen molar-refractivity contribution in [1.29, 1.82) is 0 Å². The summed E-state index contributed by atoms with van der Waals surface area (Å²) >= 11 is 0. The van der Waals surface area contributed by atoms with E-state index >= 15 is 0 Å². The van der Waals surface area contributed by atoms with Gasteiger partial charge in [0.2, 0.25) is 0 Å². The molecular weight excluding hydrogens is 188 g/mol. The first-order valence-corrected chi connectivity index (χ1v) is 5.89. The van der Waals surface area contributed by atoms with Crippen LogP contribution < -0.4 is 0 Å². The summed E-state index contributed by atoms with van der Waals surface area (Å²) in [5, 5.41) is 0. The first kappa shape index (κ1) is 12.3. The van der Waals surface area contributed by atoms with Crippen molar-refractivity contribution in [3.63, 3.8) is 0 Å². The van der Waals surface area contributed by atoms with Gasteiger partial charge in [-0.1, -0.05) is 19.9 Å². The van der Waals surface area contributed by atoms with Gasteiger partial charge in [-0.3, -0.25) is 0 Å². The maximum absolute atomic E-state index is 10.9. The van der Waals surface area contributed by atoms with Crippen molar-refractivity contribution in [1.82, 2.24) is 0 Å². The van der Waals surface area contributed by atoms with Gasteiger partial charge in [-0.2, -0.15) is 0 Å². The predicted octanol–water partition coefficient (Wildman–Crippen LogP) is 3.18. The first-order valence-electron chi connectivity index (χ1n) is 5.89. The topological polar surface area (TPSA) is 26.3 Å². The molecule has 0 spiro atoms. The van der Waals surface area contributed by atoms with E-state index in [-0.39, 0.29) is 5.97 Å². The number of methoxy groups -OCH3 is 1. The van der Waals surface area contributed by atoms with E-state index in [1.165, 1.54) is 32.8 Å². The Morgan fingerprint density at radius 3 is 2.33 bits per heavy atom. The average molecular weight is 210 g/mol. The van der Waals surface area contributed by atoms with E-state index in [0.29, 0.717) is 5.92 Å². The molecule has 0 aromatic heterocycles. The number of ether oxygens (including phenoxy) is 1. The number of hydrogen-bond donors (Lipinski definition) is 0. The first-order chi connectivity index (χ1) is 7.13. The zero-order valence-electron chi connectivity index (χ0n) is 10.0. The molecule has 0 atom stereocenters. The largest absolute Gasteiger partial charge is 0.466 e. The van der Waals surface area contributed by atoms with E-state index in [1.807, 2.05) is 6.08 Å². The zero-order chi connectivity index (χ0) is 11.3. The van der Waals surface area contributed by atoms with Gasteiger partial charge in [0, 0.05) is 6.08 Å². The van der Waals surface area contributed by atoms with E-state index in [2.05, 4.69) is 18.6 Å². The van der Waals surface area contributed by atoms with Gasteiger partial charge in [-0.05, 0) is 43.4 Å². The number of carbonyl (C=O) groups excluding carboxylic acids is 1. The summed E-state index contributed by atoms with van der Waals surface area (Å²) in [5.74, 6) is 2.03. The normalized spacial score (nSPS) is 27.2. The standard InChI is InChI=1S/C13H22O2/c1-10(2)12-7-4-11(5-8-12)6-9-13(14)15-3/h6,9-12H,4-5,7-8H2,1-3H3/b9-6+. The summed E-state index contributed by atoms with van der Waals surface area (Å²) in [6, 6.07) is 0. The summed E-state index contributed by atoms with van der Waals surface area (Å²) in [6.45, 7) is 4.60. The minimum absolute atomic E-state index is 0.235. The van der Waals surface area contributed by atoms with Crippen molar-refractivity contribution < 1.29 is 9.53 Å². The quantitative estimate of drug-likeness (QED) is 0.528. The Bertz CT molecular complexity index is 223. The number of hydrogen-bond acceptors (Lipinski definition) is 2. The molecule has 0 heterocycles. The molecular formula is C13H22O2. The summed E-state index contributed by atoms with van der Waals surface area (Å²) in [7, 11) is 1.42. The second-order valence-electron chi connectivity index (χ2n) is 4.80. The Morgan fingerprint density at radius 2 is 1.87 bits per heavy atom. The Balaban J connectivity index is 2.31. The van der Waals surface area contributed by atoms with E-state index < -0.39 is 0 Å². The van der Waals surface area contributed by atoms with E-state index in [1.54, 1.807) is 6.08 Å². The van der Waals surface area contributed by atoms with E-state index in [4.69, 9.17) is 0 Å². The molecule has 1 aliphatic rings. The highest BCUT2D eigenvalue weighted by Crippen LogP contribution is 2.33. The molecule has 0 aliphatic heterocycles. The average Bonchev–Trinajstić information content (AvgIpc) is 2.26. The molecule has 15 heavy (non-hydrogen) atoms. The minimum atomic E-state index is -0.235. The SMILES string of the molecule is COC(=O)/C=C/C1CCC(C(C)C)CC1. The lowest BCUT2D eigenvalue weighted by atomic mass is 9.77. The van der Waals surface area contributed by atoms with Gasteiger partial charge in [0.1, 0.15) is 0 Å². The Morgan fingerprint density at radius 1 is 1.27 bits per heavy atom. The number of esters is 1. The van der Waals surface area contributed by atoms with Gasteiger partial charge in [0.25, 0.3) is 0 Å². The monoisotopic (exact) mass is 210 g/mol. The fourth-order valence-corrected chi connectivity index (χ4v) is 2.29. The molecule has 1 fully saturated rings. The van der Waals surface area contributed by atoms with E-state index in [9.17, 15) is 4.79 Å². The zero-order valence-corrected chi connectivity index (χ0v) is 10.0. The second kappa shape index (κ2) is 5.94. The molecule has 1 aliphatic carbocycles. The Labute approximate surface area is 92.7 Å². The lowest BCUT2D eigenvalue weighted by Crippen LogP contribution is -2.17. The molecule has 0 amide bonds. The van der Waals surface area contributed by atoms with Crippen LogP contribution in [-0.4, -0.2) is 13.1 Å². The van der Waals surface area contributed by atoms with Gasteiger partial charge >= 0.3 is 5.97 Å². The van der Waals surface area contributed by atoms with Crippen LogP contribution in [0.1, 0.15) is 39.5 Å². The van der Waals surface area contributed by atoms with Gasteiger partial charge in [-0.25, -0.2) is 4.79 Å². The third-order valence-electron chi connectivity index (χ3n) is 3.46. The van der Waals surface area contributed by atoms with Crippen molar-refractivity contribution in [3.05, 3.63) is 12.2 Å². The predicted molar refractivity (Wildman–Crippen MR) is 61.4 cm³/mol. The Kier molecular flexibility index (Phi) is 4.86. The van der Waals surface area contributed by atoms with Gasteiger partial charge in [-0.15, -0.1) is 0 Å². The molecule has 1 saturated carbocycles. The molecule has 0 radical (unpaired) electrons. The van der Waals surface area contributed by atoms with Crippen LogP contribution in [-0.2, 0) is 9.53 Å². The van der Waals surface area contributed by atoms with Crippen molar-refractivity contribution in [2.75, 3.05) is 7.11 Å². The van der Waals surface area contributed by atoms with Crippen LogP contribution in [0.15, 0.2) is 12.2 Å². The number of carbonyl (C=O) groups is 1. The smallest absolute Gasteiger partial charge is 0.330 e. The molecule has 0 aromatic rings. The maximum Gasteiger partial charge on any atom is 0.330 e. The van der Waals surface area contributed by atoms with Crippen molar-refractivity contribution in [2.45, 2.75) is 39.5 Å². The molecule has 1 rings (SSSR count). The van der Waals surface area contributed by atoms with Gasteiger partial charge < -0.3 is 4.74 Å². The fourth-order valence-electron chi connectivity index (χ4n) is 2.29. The molecule has 0 N–H and O–H groups in total. The molecule has 2 nitrogen and oxygen atoms in total. The van der Waals surface area contributed by atoms with E-state index in [0.717, 1.165) is 11.8 Å². The lowest BCUT2D eigenvalue weighted by molar-refractivity contribution is -0.134. The Hall–Kier alpha value is -0.790. The second-order valence-corrected chi connectivity index (χ2v) is 4.80. The molecule has 0 saturated heterocycles. The fraction of sp³-hybridized carbons (Fsp3) is 0.769. The molecule has 0 unspecified atom stereocenters. The van der Waals surface area contributed by atoms with Crippen molar-refractivity contribution >= 4 is 5.97 Å². The molecule has 0 bridgehead atoms. The summed E-state index contributed by atoms with van der Waals surface area (Å²) < 4.78 is 4.57. The van der Waals surface area contributed by atoms with Crippen LogP contribution in [0.5, 0.6) is 0 Å². The highest BCUT2D eigenvalue weighted by Gasteiger charge is 2.21. The number of rotatable bonds is 3. The highest BCUT2D eigenvalue weighted by molar-refractivity contribution is 5.81. The highest BCUT2D eigenvalue weighted by atomic mass is 16.5. The third kappa shape index (κ3) is 4.06. The summed E-state index contributed by atoms with van der Waals surface area (Å²) in [6.07, 6.45) is 8.62. The molecule has 0 aromatic carbocycles. The van der Waals surface area contributed by atoms with Crippen molar-refractivity contribution in [2.24, 2.45) is 17.8 Å². The van der Waals surface area contributed by atoms with Crippen LogP contribution in [0.2, 0.25) is 0 Å². The van der Waals surface area contributed by atoms with Crippen LogP contribution in [0.25, 0.3) is 0 Å².